The first-order valence-corrected chi connectivity index (χ1v) is 20.1. The molecule has 5 aliphatic rings. The molecule has 4 bridgehead atoms. The van der Waals surface area contributed by atoms with Crippen molar-refractivity contribution in [1.29, 1.82) is 0 Å². The van der Waals surface area contributed by atoms with E-state index in [4.69, 9.17) is 13.8 Å². The maximum absolute atomic E-state index is 7.61. The van der Waals surface area contributed by atoms with Gasteiger partial charge in [-0.3, -0.25) is 0 Å². The lowest BCUT2D eigenvalue weighted by atomic mass is 9.71. The Morgan fingerprint density at radius 3 is 1.18 bits per heavy atom. The summed E-state index contributed by atoms with van der Waals surface area (Å²) in [5, 5.41) is 4.89. The van der Waals surface area contributed by atoms with E-state index in [1.54, 1.807) is 0 Å². The van der Waals surface area contributed by atoms with Crippen LogP contribution in [0.4, 0.5) is 0 Å². The van der Waals surface area contributed by atoms with Gasteiger partial charge in [-0.1, -0.05) is 151 Å². The molecule has 0 saturated heterocycles. The first-order chi connectivity index (χ1) is 24.1. The first-order valence-electron chi connectivity index (χ1n) is 17.5. The van der Waals surface area contributed by atoms with Crippen LogP contribution in [0.15, 0.2) is 109 Å². The van der Waals surface area contributed by atoms with Crippen molar-refractivity contribution in [3.63, 3.8) is 0 Å². The average molecular weight is 687 g/mol. The predicted molar refractivity (Wildman–Crippen MR) is 207 cm³/mol. The molecule has 0 aliphatic carbocycles. The molecule has 0 radical (unpaired) electrons. The Hall–Kier alpha value is -4.42. The molecule has 50 heavy (non-hydrogen) atoms. The van der Waals surface area contributed by atoms with Gasteiger partial charge in [0.1, 0.15) is 23.0 Å². The fraction of sp³-hybridized carbons (Fsp3) is 0.200. The van der Waals surface area contributed by atoms with E-state index in [2.05, 4.69) is 151 Å². The van der Waals surface area contributed by atoms with Crippen molar-refractivity contribution in [1.82, 2.24) is 0 Å². The van der Waals surface area contributed by atoms with Crippen LogP contribution in [0.25, 0.3) is 22.3 Å². The highest BCUT2D eigenvalue weighted by molar-refractivity contribution is 7.70. The molecule has 0 fully saturated rings. The number of para-hydroxylation sites is 2. The summed E-state index contributed by atoms with van der Waals surface area (Å²) in [5.41, 5.74) is 11.4. The van der Waals surface area contributed by atoms with Gasteiger partial charge in [0.2, 0.25) is 0 Å². The minimum atomic E-state index is -1.21. The number of hydrogen-bond acceptors (Lipinski definition) is 3. The van der Waals surface area contributed by atoms with Crippen molar-refractivity contribution in [2.24, 2.45) is 0 Å². The van der Waals surface area contributed by atoms with Crippen LogP contribution < -0.4 is 35.0 Å². The van der Waals surface area contributed by atoms with Crippen LogP contribution >= 0.6 is 16.3 Å². The Morgan fingerprint density at radius 1 is 0.360 bits per heavy atom. The summed E-state index contributed by atoms with van der Waals surface area (Å²) in [6.07, 6.45) is 0. The molecule has 3 nitrogen and oxygen atoms in total. The molecule has 5 aliphatic heterocycles. The molecule has 5 heterocycles. The Bertz CT molecular complexity index is 2350. The van der Waals surface area contributed by atoms with Crippen LogP contribution in [0.2, 0.25) is 0 Å². The molecule has 11 rings (SSSR count). The topological polar surface area (TPSA) is 27.7 Å². The third kappa shape index (κ3) is 3.44. The van der Waals surface area contributed by atoms with Crippen LogP contribution in [-0.4, -0.2) is 0 Å². The van der Waals surface area contributed by atoms with Gasteiger partial charge in [-0.25, -0.2) is 0 Å². The second-order valence-electron chi connectivity index (χ2n) is 15.8. The van der Waals surface area contributed by atoms with Crippen molar-refractivity contribution >= 4 is 37.5 Å². The molecule has 0 saturated carbocycles. The van der Waals surface area contributed by atoms with Crippen molar-refractivity contribution in [3.05, 3.63) is 143 Å². The van der Waals surface area contributed by atoms with Crippen molar-refractivity contribution in [2.45, 2.75) is 57.8 Å². The van der Waals surface area contributed by atoms with Crippen LogP contribution in [0.3, 0.4) is 0 Å². The van der Waals surface area contributed by atoms with Gasteiger partial charge in [0.05, 0.1) is 10.6 Å². The van der Waals surface area contributed by atoms with E-state index in [9.17, 15) is 0 Å². The van der Waals surface area contributed by atoms with E-state index < -0.39 is 16.3 Å². The monoisotopic (exact) mass is 686 g/mol. The van der Waals surface area contributed by atoms with Gasteiger partial charge in [0, 0.05) is 60.2 Å². The van der Waals surface area contributed by atoms with Crippen LogP contribution in [0.1, 0.15) is 74.9 Å². The normalized spacial score (nSPS) is 20.8. The molecule has 2 unspecified atom stereocenters. The summed E-state index contributed by atoms with van der Waals surface area (Å²) in [5.74, 6) is 3.95. The summed E-state index contributed by atoms with van der Waals surface area (Å²) in [7, 11) is -2.43. The predicted octanol–water partition coefficient (Wildman–Crippen LogP) is 10.2. The summed E-state index contributed by atoms with van der Waals surface area (Å²) < 4.78 is 22.1. The maximum Gasteiger partial charge on any atom is 0.155 e. The minimum Gasteiger partial charge on any atom is -0.463 e. The third-order valence-corrected chi connectivity index (χ3v) is 16.2. The Balaban J connectivity index is 1.22. The number of fused-ring (bicyclic) bond motifs is 16. The molecule has 0 amide bonds. The number of hydrogen-bond donors (Lipinski definition) is 0. The van der Waals surface area contributed by atoms with Crippen LogP contribution in [-0.2, 0) is 16.2 Å². The van der Waals surface area contributed by atoms with Gasteiger partial charge in [-0.15, -0.1) is 0 Å². The highest BCUT2D eigenvalue weighted by Crippen LogP contribution is 2.63. The summed E-state index contributed by atoms with van der Waals surface area (Å²) in [4.78, 5) is 0. The maximum atomic E-state index is 7.61. The van der Waals surface area contributed by atoms with E-state index in [0.29, 0.717) is 0 Å². The van der Waals surface area contributed by atoms with Gasteiger partial charge in [0.15, 0.2) is 16.3 Å². The zero-order valence-electron chi connectivity index (χ0n) is 29.0. The minimum absolute atomic E-state index is 0.300. The highest BCUT2D eigenvalue weighted by Gasteiger charge is 2.49. The smallest absolute Gasteiger partial charge is 0.155 e. The summed E-state index contributed by atoms with van der Waals surface area (Å²) in [6.45, 7) is 14.1. The number of benzene rings is 6. The van der Waals surface area contributed by atoms with E-state index >= 15 is 0 Å². The molecular formula is C45H36O3P2. The Labute approximate surface area is 295 Å². The molecule has 0 N–H and O–H groups in total. The largest absolute Gasteiger partial charge is 0.463 e. The Morgan fingerprint density at radius 2 is 0.720 bits per heavy atom. The van der Waals surface area contributed by atoms with E-state index in [1.807, 2.05) is 0 Å². The van der Waals surface area contributed by atoms with Crippen molar-refractivity contribution in [3.8, 4) is 45.3 Å². The van der Waals surface area contributed by atoms with Crippen molar-refractivity contribution in [2.75, 3.05) is 0 Å². The summed E-state index contributed by atoms with van der Waals surface area (Å²) >= 11 is 0. The molecule has 6 aromatic rings. The van der Waals surface area contributed by atoms with Gasteiger partial charge in [-0.2, -0.15) is 0 Å². The van der Waals surface area contributed by atoms with Crippen LogP contribution in [0, 0.1) is 0 Å². The molecule has 244 valence electrons. The quantitative estimate of drug-likeness (QED) is 0.149. The van der Waals surface area contributed by atoms with E-state index in [1.165, 1.54) is 76.9 Å². The first kappa shape index (κ1) is 29.3. The number of rotatable bonds is 0. The second kappa shape index (κ2) is 9.46. The van der Waals surface area contributed by atoms with Crippen LogP contribution in [0.5, 0.6) is 23.0 Å². The average Bonchev–Trinajstić information content (AvgIpc) is 3.28. The number of ether oxygens (including phenoxy) is 1. The van der Waals surface area contributed by atoms with Gasteiger partial charge >= 0.3 is 0 Å². The van der Waals surface area contributed by atoms with Gasteiger partial charge < -0.3 is 13.8 Å². The van der Waals surface area contributed by atoms with Gasteiger partial charge in [-0.05, 0) is 22.3 Å². The standard InChI is InChI=1S/C45H36O3P2/c1-43(2)31-21-23-33-41(49-35-19-9-7-13-25(35)27-15-11-17-29(37(27)47-49)44(33,3)4)39(31)46-40-32(43)22-24-34-42(40)50-36-20-10-8-14-26(36)28-16-12-18-30(38(28)48-50)45(34,5)6/h7-24H,1-6H3. The fourth-order valence-corrected chi connectivity index (χ4v) is 14.1. The van der Waals surface area contributed by atoms with Gasteiger partial charge in [0.25, 0.3) is 0 Å². The molecular weight excluding hydrogens is 650 g/mol. The zero-order valence-corrected chi connectivity index (χ0v) is 30.8. The second-order valence-corrected chi connectivity index (χ2v) is 19.2. The molecule has 5 heteroatoms. The zero-order chi connectivity index (χ0) is 33.9. The fourth-order valence-electron chi connectivity index (χ4n) is 9.33. The van der Waals surface area contributed by atoms with E-state index in [-0.39, 0.29) is 16.2 Å². The SMILES string of the molecule is CC1(C)c2ccc3c(c2Oc2c1ccc1c2P2Oc4c(cccc4C1(C)C)-c1ccccc12)P1Oc2c(cccc2C3(C)C)-c2ccccc21. The lowest BCUT2D eigenvalue weighted by molar-refractivity contribution is 0.421. The van der Waals surface area contributed by atoms with Crippen molar-refractivity contribution < 1.29 is 13.8 Å². The molecule has 0 aromatic heterocycles. The van der Waals surface area contributed by atoms with E-state index in [0.717, 1.165) is 23.0 Å². The lowest BCUT2D eigenvalue weighted by Crippen LogP contribution is -2.36. The lowest BCUT2D eigenvalue weighted by Gasteiger charge is -2.40. The molecule has 0 spiro atoms. The Kier molecular flexibility index (Phi) is 5.55. The molecule has 2 atom stereocenters. The highest BCUT2D eigenvalue weighted by atomic mass is 31.1. The summed E-state index contributed by atoms with van der Waals surface area (Å²) in [6, 6.07) is 40.4. The molecule has 6 aromatic carbocycles. The third-order valence-electron chi connectivity index (χ3n) is 12.1.